The van der Waals surface area contributed by atoms with Crippen molar-refractivity contribution < 1.29 is 5.11 Å². The average molecular weight is 190 g/mol. The van der Waals surface area contributed by atoms with Crippen molar-refractivity contribution in [3.8, 4) is 5.88 Å². The third kappa shape index (κ3) is 1.08. The van der Waals surface area contributed by atoms with Gasteiger partial charge in [0.15, 0.2) is 5.69 Å². The predicted molar refractivity (Wildman–Crippen MR) is 54.8 cm³/mol. The summed E-state index contributed by atoms with van der Waals surface area (Å²) in [5, 5.41) is 13.0. The monoisotopic (exact) mass is 190 g/mol. The minimum Gasteiger partial charge on any atom is -0.493 e. The van der Waals surface area contributed by atoms with Gasteiger partial charge in [-0.3, -0.25) is 0 Å². The molecule has 0 saturated heterocycles. The van der Waals surface area contributed by atoms with Gasteiger partial charge in [0.1, 0.15) is 0 Å². The van der Waals surface area contributed by atoms with Crippen LogP contribution in [-0.2, 0) is 6.42 Å². The third-order valence-electron chi connectivity index (χ3n) is 2.34. The molecule has 0 saturated carbocycles. The topological polar surface area (TPSA) is 65.4 Å². The molecule has 0 aliphatic carbocycles. The van der Waals surface area contributed by atoms with Gasteiger partial charge in [-0.1, -0.05) is 19.1 Å². The molecule has 0 bridgehead atoms. The van der Waals surface area contributed by atoms with Crippen LogP contribution >= 0.6 is 0 Å². The highest BCUT2D eigenvalue weighted by Crippen LogP contribution is 2.37. The van der Waals surface area contributed by atoms with Crippen LogP contribution in [0, 0.1) is 4.91 Å². The van der Waals surface area contributed by atoms with Crippen LogP contribution in [0.1, 0.15) is 12.5 Å². The van der Waals surface area contributed by atoms with Crippen LogP contribution in [0.2, 0.25) is 0 Å². The molecule has 0 radical (unpaired) electrons. The van der Waals surface area contributed by atoms with Gasteiger partial charge in [-0.05, 0) is 23.2 Å². The lowest BCUT2D eigenvalue weighted by atomic mass is 10.1. The van der Waals surface area contributed by atoms with E-state index in [1.165, 1.54) is 0 Å². The molecular weight excluding hydrogens is 180 g/mol. The van der Waals surface area contributed by atoms with Crippen molar-refractivity contribution in [3.05, 3.63) is 28.7 Å². The van der Waals surface area contributed by atoms with E-state index >= 15 is 0 Å². The third-order valence-corrected chi connectivity index (χ3v) is 2.34. The van der Waals surface area contributed by atoms with Crippen molar-refractivity contribution in [2.45, 2.75) is 13.3 Å². The quantitative estimate of drug-likeness (QED) is 0.715. The van der Waals surface area contributed by atoms with Crippen molar-refractivity contribution in [1.29, 1.82) is 0 Å². The van der Waals surface area contributed by atoms with E-state index < -0.39 is 0 Å². The fourth-order valence-corrected chi connectivity index (χ4v) is 1.67. The summed E-state index contributed by atoms with van der Waals surface area (Å²) in [6, 6.07) is 5.61. The summed E-state index contributed by atoms with van der Waals surface area (Å²) >= 11 is 0. The van der Waals surface area contributed by atoms with Gasteiger partial charge >= 0.3 is 0 Å². The molecular formula is C10H10N2O2. The normalized spacial score (nSPS) is 10.6. The lowest BCUT2D eigenvalue weighted by molar-refractivity contribution is 0.460. The maximum absolute atomic E-state index is 10.5. The molecule has 72 valence electrons. The molecule has 1 aromatic carbocycles. The molecule has 0 fully saturated rings. The van der Waals surface area contributed by atoms with Gasteiger partial charge in [-0.25, -0.2) is 0 Å². The van der Waals surface area contributed by atoms with Crippen LogP contribution in [0.5, 0.6) is 5.88 Å². The first-order chi connectivity index (χ1) is 6.77. The molecule has 0 aliphatic rings. The maximum atomic E-state index is 10.5. The van der Waals surface area contributed by atoms with Gasteiger partial charge in [-0.15, -0.1) is 4.91 Å². The van der Waals surface area contributed by atoms with Crippen molar-refractivity contribution in [1.82, 2.24) is 4.98 Å². The number of aryl methyl sites for hydroxylation is 1. The van der Waals surface area contributed by atoms with Gasteiger partial charge in [0.25, 0.3) is 0 Å². The van der Waals surface area contributed by atoms with E-state index in [-0.39, 0.29) is 11.6 Å². The second-order valence-electron chi connectivity index (χ2n) is 3.11. The Kier molecular flexibility index (Phi) is 1.96. The van der Waals surface area contributed by atoms with E-state index in [0.29, 0.717) is 0 Å². The maximum Gasteiger partial charge on any atom is 0.219 e. The summed E-state index contributed by atoms with van der Waals surface area (Å²) < 4.78 is 0. The number of rotatable bonds is 2. The molecule has 2 aromatic rings. The first kappa shape index (κ1) is 8.74. The average Bonchev–Trinajstić information content (AvgIpc) is 2.52. The number of H-pyrrole nitrogens is 1. The minimum atomic E-state index is -0.157. The number of aromatic nitrogens is 1. The minimum absolute atomic E-state index is 0.109. The molecule has 0 amide bonds. The van der Waals surface area contributed by atoms with E-state index in [0.717, 1.165) is 22.9 Å². The van der Waals surface area contributed by atoms with Crippen molar-refractivity contribution in [2.24, 2.45) is 5.18 Å². The molecule has 0 unspecified atom stereocenters. The molecule has 0 atom stereocenters. The van der Waals surface area contributed by atoms with Crippen LogP contribution < -0.4 is 0 Å². The number of fused-ring (bicyclic) bond motifs is 1. The fraction of sp³-hybridized carbons (Fsp3) is 0.200. The van der Waals surface area contributed by atoms with Crippen molar-refractivity contribution in [2.75, 3.05) is 0 Å². The summed E-state index contributed by atoms with van der Waals surface area (Å²) in [4.78, 5) is 13.3. The van der Waals surface area contributed by atoms with Gasteiger partial charge in [-0.2, -0.15) is 0 Å². The van der Waals surface area contributed by atoms with Crippen molar-refractivity contribution in [3.63, 3.8) is 0 Å². The first-order valence-corrected chi connectivity index (χ1v) is 4.43. The largest absolute Gasteiger partial charge is 0.493 e. The summed E-state index contributed by atoms with van der Waals surface area (Å²) in [6.45, 7) is 1.99. The standard InChI is InChI=1S/C10H10N2O2/c1-2-6-4-3-5-7-8(6)9(12-14)10(13)11-7/h3-5,11,13H,2H2,1H3. The Labute approximate surface area is 80.5 Å². The van der Waals surface area contributed by atoms with Crippen LogP contribution in [0.15, 0.2) is 23.4 Å². The molecule has 1 aromatic heterocycles. The lowest BCUT2D eigenvalue weighted by Crippen LogP contribution is -1.79. The van der Waals surface area contributed by atoms with E-state index in [1.54, 1.807) is 0 Å². The zero-order valence-electron chi connectivity index (χ0n) is 7.74. The highest BCUT2D eigenvalue weighted by molar-refractivity contribution is 5.96. The number of aromatic amines is 1. The number of hydrogen-bond donors (Lipinski definition) is 2. The molecule has 4 nitrogen and oxygen atoms in total. The smallest absolute Gasteiger partial charge is 0.219 e. The Morgan fingerprint density at radius 2 is 2.29 bits per heavy atom. The fourth-order valence-electron chi connectivity index (χ4n) is 1.67. The lowest BCUT2D eigenvalue weighted by Gasteiger charge is -1.97. The Balaban J connectivity index is 2.89. The van der Waals surface area contributed by atoms with Gasteiger partial charge in [0.2, 0.25) is 5.88 Å². The zero-order chi connectivity index (χ0) is 10.1. The Morgan fingerprint density at radius 1 is 1.50 bits per heavy atom. The molecule has 14 heavy (non-hydrogen) atoms. The molecule has 0 aliphatic heterocycles. The van der Waals surface area contributed by atoms with Crippen LogP contribution in [-0.4, -0.2) is 10.1 Å². The van der Waals surface area contributed by atoms with Crippen LogP contribution in [0.25, 0.3) is 10.9 Å². The van der Waals surface area contributed by atoms with Gasteiger partial charge < -0.3 is 10.1 Å². The number of nitrogens with zero attached hydrogens (tertiary/aromatic N) is 1. The summed E-state index contributed by atoms with van der Waals surface area (Å²) in [7, 11) is 0. The summed E-state index contributed by atoms with van der Waals surface area (Å²) in [5.74, 6) is -0.157. The van der Waals surface area contributed by atoms with Gasteiger partial charge in [0, 0.05) is 5.39 Å². The second-order valence-corrected chi connectivity index (χ2v) is 3.11. The Morgan fingerprint density at radius 3 is 2.93 bits per heavy atom. The van der Waals surface area contributed by atoms with E-state index in [4.69, 9.17) is 0 Å². The number of nitroso groups, excluding NO2 is 1. The highest BCUT2D eigenvalue weighted by atomic mass is 16.3. The van der Waals surface area contributed by atoms with Crippen LogP contribution in [0.3, 0.4) is 0 Å². The molecule has 4 heteroatoms. The number of benzene rings is 1. The Hall–Kier alpha value is -1.84. The van der Waals surface area contributed by atoms with E-state index in [2.05, 4.69) is 10.2 Å². The van der Waals surface area contributed by atoms with Crippen LogP contribution in [0.4, 0.5) is 5.69 Å². The SMILES string of the molecule is CCc1cccc2[nH]c(O)c(N=O)c12. The number of aromatic hydroxyl groups is 1. The van der Waals surface area contributed by atoms with Crippen molar-refractivity contribution >= 4 is 16.6 Å². The summed E-state index contributed by atoms with van der Waals surface area (Å²) in [5.41, 5.74) is 1.86. The van der Waals surface area contributed by atoms with Gasteiger partial charge in [0.05, 0.1) is 5.52 Å². The zero-order valence-corrected chi connectivity index (χ0v) is 7.74. The molecule has 1 heterocycles. The molecule has 0 spiro atoms. The predicted octanol–water partition coefficient (Wildman–Crippen LogP) is 2.83. The molecule has 2 rings (SSSR count). The molecule has 2 N–H and O–H groups in total. The number of nitrogens with one attached hydrogen (secondary N) is 1. The first-order valence-electron chi connectivity index (χ1n) is 4.43. The Bertz CT molecular complexity index is 488. The van der Waals surface area contributed by atoms with E-state index in [9.17, 15) is 10.0 Å². The second kappa shape index (κ2) is 3.14. The summed E-state index contributed by atoms with van der Waals surface area (Å²) in [6.07, 6.45) is 0.803. The highest BCUT2D eigenvalue weighted by Gasteiger charge is 2.13. The number of hydrogen-bond acceptors (Lipinski definition) is 3. The van der Waals surface area contributed by atoms with E-state index in [1.807, 2.05) is 25.1 Å².